The van der Waals surface area contributed by atoms with E-state index in [1.165, 1.54) is 11.3 Å². The standard InChI is InChI=1S/C22H22N2O5S/c1-3-26-16-6-4-5-7-17(16)27-12-21(25)24-22-23-14(2)20(30-22)11-15-8-9-18-19(10-15)29-13-28-18/h4-10H,3,11-13H2,1-2H3,(H,23,24,25). The van der Waals surface area contributed by atoms with E-state index in [4.69, 9.17) is 18.9 Å². The SMILES string of the molecule is CCOc1ccccc1OCC(=O)Nc1nc(C)c(Cc2ccc3c(c2)OCO3)s1. The summed E-state index contributed by atoms with van der Waals surface area (Å²) in [6, 6.07) is 13.2. The zero-order valence-electron chi connectivity index (χ0n) is 16.8. The van der Waals surface area contributed by atoms with Gasteiger partial charge in [-0.3, -0.25) is 10.1 Å². The van der Waals surface area contributed by atoms with Gasteiger partial charge in [0.05, 0.1) is 12.3 Å². The van der Waals surface area contributed by atoms with Gasteiger partial charge in [-0.1, -0.05) is 18.2 Å². The van der Waals surface area contributed by atoms with Crippen molar-refractivity contribution in [3.05, 3.63) is 58.6 Å². The van der Waals surface area contributed by atoms with E-state index in [2.05, 4.69) is 10.3 Å². The summed E-state index contributed by atoms with van der Waals surface area (Å²) >= 11 is 1.45. The van der Waals surface area contributed by atoms with Crippen molar-refractivity contribution in [2.45, 2.75) is 20.3 Å². The molecule has 0 atom stereocenters. The molecule has 0 saturated heterocycles. The molecule has 3 aromatic rings. The largest absolute Gasteiger partial charge is 0.490 e. The lowest BCUT2D eigenvalue weighted by Crippen LogP contribution is -2.20. The summed E-state index contributed by atoms with van der Waals surface area (Å²) in [5.74, 6) is 2.40. The fraction of sp³-hybridized carbons (Fsp3) is 0.273. The van der Waals surface area contributed by atoms with Gasteiger partial charge >= 0.3 is 0 Å². The molecular weight excluding hydrogens is 404 g/mol. The number of hydrogen-bond donors (Lipinski definition) is 1. The van der Waals surface area contributed by atoms with Crippen molar-refractivity contribution >= 4 is 22.4 Å². The normalized spacial score (nSPS) is 11.9. The predicted octanol–water partition coefficient (Wildman–Crippen LogP) is 4.19. The van der Waals surface area contributed by atoms with Crippen LogP contribution in [0.4, 0.5) is 5.13 Å². The first-order valence-electron chi connectivity index (χ1n) is 9.61. The van der Waals surface area contributed by atoms with Crippen molar-refractivity contribution in [2.24, 2.45) is 0 Å². The van der Waals surface area contributed by atoms with E-state index >= 15 is 0 Å². The lowest BCUT2D eigenvalue weighted by atomic mass is 10.1. The Hall–Kier alpha value is -3.26. The van der Waals surface area contributed by atoms with Crippen molar-refractivity contribution in [2.75, 3.05) is 25.3 Å². The van der Waals surface area contributed by atoms with Crippen LogP contribution in [0.25, 0.3) is 0 Å². The quantitative estimate of drug-likeness (QED) is 0.582. The van der Waals surface area contributed by atoms with E-state index in [9.17, 15) is 4.79 Å². The number of fused-ring (bicyclic) bond motifs is 1. The number of nitrogens with one attached hydrogen (secondary N) is 1. The second-order valence-corrected chi connectivity index (χ2v) is 7.69. The van der Waals surface area contributed by atoms with Gasteiger partial charge in [-0.15, -0.1) is 11.3 Å². The van der Waals surface area contributed by atoms with Crippen LogP contribution in [0.3, 0.4) is 0 Å². The van der Waals surface area contributed by atoms with E-state index < -0.39 is 0 Å². The molecule has 1 aliphatic heterocycles. The molecule has 0 saturated carbocycles. The average molecular weight is 426 g/mol. The average Bonchev–Trinajstić information content (AvgIpc) is 3.33. The molecule has 1 amide bonds. The maximum absolute atomic E-state index is 12.3. The van der Waals surface area contributed by atoms with Crippen LogP contribution in [0.15, 0.2) is 42.5 Å². The second-order valence-electron chi connectivity index (χ2n) is 6.61. The van der Waals surface area contributed by atoms with Crippen LogP contribution in [-0.2, 0) is 11.2 Å². The number of benzene rings is 2. The zero-order valence-corrected chi connectivity index (χ0v) is 17.6. The molecule has 0 aliphatic carbocycles. The predicted molar refractivity (Wildman–Crippen MR) is 114 cm³/mol. The molecule has 8 heteroatoms. The highest BCUT2D eigenvalue weighted by molar-refractivity contribution is 7.15. The zero-order chi connectivity index (χ0) is 20.9. The van der Waals surface area contributed by atoms with Crippen molar-refractivity contribution in [1.29, 1.82) is 0 Å². The van der Waals surface area contributed by atoms with Gasteiger partial charge in [-0.25, -0.2) is 4.98 Å². The molecule has 1 N–H and O–H groups in total. The van der Waals surface area contributed by atoms with Gasteiger partial charge in [0.15, 0.2) is 34.7 Å². The van der Waals surface area contributed by atoms with Crippen LogP contribution in [0, 0.1) is 6.92 Å². The van der Waals surface area contributed by atoms with Crippen molar-refractivity contribution in [3.63, 3.8) is 0 Å². The summed E-state index contributed by atoms with van der Waals surface area (Å²) in [6.45, 7) is 4.49. The van der Waals surface area contributed by atoms with Crippen LogP contribution >= 0.6 is 11.3 Å². The molecule has 2 heterocycles. The third-order valence-corrected chi connectivity index (χ3v) is 5.52. The summed E-state index contributed by atoms with van der Waals surface area (Å²) in [5, 5.41) is 3.36. The Morgan fingerprint density at radius 1 is 1.13 bits per heavy atom. The Morgan fingerprint density at radius 3 is 2.70 bits per heavy atom. The fourth-order valence-electron chi connectivity index (χ4n) is 3.02. The number of para-hydroxylation sites is 2. The van der Waals surface area contributed by atoms with Crippen LogP contribution in [0.2, 0.25) is 0 Å². The van der Waals surface area contributed by atoms with Crippen molar-refractivity contribution in [1.82, 2.24) is 4.98 Å². The minimum absolute atomic E-state index is 0.125. The van der Waals surface area contributed by atoms with E-state index in [1.54, 1.807) is 6.07 Å². The topological polar surface area (TPSA) is 78.9 Å². The molecule has 0 radical (unpaired) electrons. The smallest absolute Gasteiger partial charge is 0.264 e. The number of thiazole rings is 1. The van der Waals surface area contributed by atoms with Gasteiger partial charge < -0.3 is 18.9 Å². The molecule has 0 unspecified atom stereocenters. The van der Waals surface area contributed by atoms with Gasteiger partial charge in [0.25, 0.3) is 5.91 Å². The number of nitrogens with zero attached hydrogens (tertiary/aromatic N) is 1. The number of aromatic nitrogens is 1. The van der Waals surface area contributed by atoms with E-state index in [0.717, 1.165) is 27.6 Å². The van der Waals surface area contributed by atoms with E-state index in [1.807, 2.05) is 50.2 Å². The van der Waals surface area contributed by atoms with E-state index in [-0.39, 0.29) is 19.3 Å². The highest BCUT2D eigenvalue weighted by Crippen LogP contribution is 2.34. The Kier molecular flexibility index (Phi) is 6.04. The van der Waals surface area contributed by atoms with Gasteiger partial charge in [-0.2, -0.15) is 0 Å². The Labute approximate surface area is 178 Å². The summed E-state index contributed by atoms with van der Waals surface area (Å²) in [6.07, 6.45) is 0.703. The van der Waals surface area contributed by atoms with Gasteiger partial charge in [0.2, 0.25) is 6.79 Å². The lowest BCUT2D eigenvalue weighted by molar-refractivity contribution is -0.118. The number of carbonyl (C=O) groups is 1. The third-order valence-electron chi connectivity index (χ3n) is 4.45. The molecule has 4 rings (SSSR count). The maximum atomic E-state index is 12.3. The summed E-state index contributed by atoms with van der Waals surface area (Å²) in [7, 11) is 0. The monoisotopic (exact) mass is 426 g/mol. The minimum atomic E-state index is -0.273. The van der Waals surface area contributed by atoms with Crippen LogP contribution in [0.1, 0.15) is 23.1 Å². The number of carbonyl (C=O) groups excluding carboxylic acids is 1. The highest BCUT2D eigenvalue weighted by atomic mass is 32.1. The molecule has 156 valence electrons. The fourth-order valence-corrected chi connectivity index (χ4v) is 4.04. The molecule has 0 fully saturated rings. The number of anilines is 1. The number of ether oxygens (including phenoxy) is 4. The second kappa shape index (κ2) is 9.04. The Morgan fingerprint density at radius 2 is 1.90 bits per heavy atom. The first-order valence-corrected chi connectivity index (χ1v) is 10.4. The first-order chi connectivity index (χ1) is 14.6. The number of amides is 1. The number of aryl methyl sites for hydroxylation is 1. The highest BCUT2D eigenvalue weighted by Gasteiger charge is 2.16. The van der Waals surface area contributed by atoms with Crippen LogP contribution in [-0.4, -0.2) is 30.9 Å². The first kappa shape index (κ1) is 20.0. The molecule has 1 aromatic heterocycles. The molecule has 2 aromatic carbocycles. The van der Waals surface area contributed by atoms with Gasteiger partial charge in [0.1, 0.15) is 0 Å². The van der Waals surface area contributed by atoms with Crippen LogP contribution in [0.5, 0.6) is 23.0 Å². The molecular formula is C22H22N2O5S. The van der Waals surface area contributed by atoms with Crippen LogP contribution < -0.4 is 24.3 Å². The molecule has 0 bridgehead atoms. The summed E-state index contributed by atoms with van der Waals surface area (Å²) in [4.78, 5) is 17.9. The molecule has 0 spiro atoms. The van der Waals surface area contributed by atoms with Crippen molar-refractivity contribution < 1.29 is 23.7 Å². The number of hydrogen-bond acceptors (Lipinski definition) is 7. The third kappa shape index (κ3) is 4.65. The molecule has 30 heavy (non-hydrogen) atoms. The maximum Gasteiger partial charge on any atom is 0.264 e. The molecule has 7 nitrogen and oxygen atoms in total. The molecule has 1 aliphatic rings. The Balaban J connectivity index is 1.36. The summed E-state index contributed by atoms with van der Waals surface area (Å²) in [5.41, 5.74) is 1.98. The number of rotatable bonds is 8. The minimum Gasteiger partial charge on any atom is -0.490 e. The van der Waals surface area contributed by atoms with Gasteiger partial charge in [-0.05, 0) is 43.7 Å². The van der Waals surface area contributed by atoms with Gasteiger partial charge in [0, 0.05) is 11.3 Å². The Bertz CT molecular complexity index is 1050. The van der Waals surface area contributed by atoms with Crippen molar-refractivity contribution in [3.8, 4) is 23.0 Å². The summed E-state index contributed by atoms with van der Waals surface area (Å²) < 4.78 is 21.9. The van der Waals surface area contributed by atoms with E-state index in [0.29, 0.717) is 29.7 Å². The lowest BCUT2D eigenvalue weighted by Gasteiger charge is -2.10.